The summed E-state index contributed by atoms with van der Waals surface area (Å²) in [6.45, 7) is 2.77. The fraction of sp³-hybridized carbons (Fsp3) is 0.357. The van der Waals surface area contributed by atoms with Crippen molar-refractivity contribution in [3.05, 3.63) is 41.6 Å². The molecule has 0 bridgehead atoms. The Kier molecular flexibility index (Phi) is 4.13. The molecule has 0 aliphatic heterocycles. The minimum Gasteiger partial charge on any atom is -0.330 e. The highest BCUT2D eigenvalue weighted by molar-refractivity contribution is 5.65. The molecule has 0 saturated heterocycles. The molecule has 20 heavy (non-hydrogen) atoms. The van der Waals surface area contributed by atoms with E-state index in [1.165, 1.54) is 12.1 Å². The molecule has 1 heterocycles. The summed E-state index contributed by atoms with van der Waals surface area (Å²) < 4.78 is 40.8. The highest BCUT2D eigenvalue weighted by atomic mass is 19.4. The summed E-state index contributed by atoms with van der Waals surface area (Å²) in [5.74, 6) is 0. The van der Waals surface area contributed by atoms with E-state index in [2.05, 4.69) is 5.10 Å². The van der Waals surface area contributed by atoms with E-state index in [0.717, 1.165) is 6.07 Å². The van der Waals surface area contributed by atoms with Crippen molar-refractivity contribution < 1.29 is 13.2 Å². The Morgan fingerprint density at radius 3 is 2.55 bits per heavy atom. The standard InChI is InChI=1S/C14H16F3N3/c1-2-20-13(9-10(19-20)7-8-18)11-5-3-4-6-12(11)14(15,16)17/h3-6,9H,2,7-8,18H2,1H3. The van der Waals surface area contributed by atoms with Gasteiger partial charge in [-0.1, -0.05) is 18.2 Å². The average Bonchev–Trinajstić information content (AvgIpc) is 2.81. The summed E-state index contributed by atoms with van der Waals surface area (Å²) in [6.07, 6.45) is -3.83. The van der Waals surface area contributed by atoms with Crippen LogP contribution in [0.25, 0.3) is 11.3 Å². The molecule has 0 unspecified atom stereocenters. The van der Waals surface area contributed by atoms with Crippen LogP contribution in [0.3, 0.4) is 0 Å². The first kappa shape index (κ1) is 14.6. The predicted octanol–water partition coefficient (Wildman–Crippen LogP) is 3.09. The fourth-order valence-corrected chi connectivity index (χ4v) is 2.15. The van der Waals surface area contributed by atoms with Gasteiger partial charge in [0.1, 0.15) is 0 Å². The monoisotopic (exact) mass is 283 g/mol. The molecule has 0 aliphatic carbocycles. The first-order valence-electron chi connectivity index (χ1n) is 6.40. The molecule has 3 nitrogen and oxygen atoms in total. The highest BCUT2D eigenvalue weighted by Crippen LogP contribution is 2.37. The Balaban J connectivity index is 2.56. The minimum absolute atomic E-state index is 0.151. The molecule has 0 aliphatic rings. The smallest absolute Gasteiger partial charge is 0.330 e. The quantitative estimate of drug-likeness (QED) is 0.937. The molecule has 1 aromatic heterocycles. The lowest BCUT2D eigenvalue weighted by Gasteiger charge is -2.13. The summed E-state index contributed by atoms with van der Waals surface area (Å²) in [6, 6.07) is 7.23. The van der Waals surface area contributed by atoms with Crippen molar-refractivity contribution >= 4 is 0 Å². The van der Waals surface area contributed by atoms with Gasteiger partial charge in [-0.05, 0) is 25.6 Å². The van der Waals surface area contributed by atoms with Gasteiger partial charge in [-0.3, -0.25) is 4.68 Å². The number of nitrogens with two attached hydrogens (primary N) is 1. The zero-order valence-electron chi connectivity index (χ0n) is 11.1. The third kappa shape index (κ3) is 2.85. The first-order valence-corrected chi connectivity index (χ1v) is 6.40. The maximum atomic E-state index is 13.1. The lowest BCUT2D eigenvalue weighted by Crippen LogP contribution is -2.09. The van der Waals surface area contributed by atoms with Crippen LogP contribution < -0.4 is 5.73 Å². The van der Waals surface area contributed by atoms with Crippen LogP contribution in [0.4, 0.5) is 13.2 Å². The van der Waals surface area contributed by atoms with Gasteiger partial charge < -0.3 is 5.73 Å². The van der Waals surface area contributed by atoms with Gasteiger partial charge in [0.25, 0.3) is 0 Å². The molecule has 6 heteroatoms. The lowest BCUT2D eigenvalue weighted by molar-refractivity contribution is -0.137. The molecule has 0 fully saturated rings. The number of benzene rings is 1. The Morgan fingerprint density at radius 1 is 1.25 bits per heavy atom. The number of aromatic nitrogens is 2. The van der Waals surface area contributed by atoms with Crippen molar-refractivity contribution in [1.29, 1.82) is 0 Å². The molecule has 0 radical (unpaired) electrons. The molecule has 0 atom stereocenters. The molecule has 0 spiro atoms. The zero-order chi connectivity index (χ0) is 14.8. The molecule has 2 N–H and O–H groups in total. The van der Waals surface area contributed by atoms with Crippen LogP contribution in [-0.2, 0) is 19.1 Å². The maximum Gasteiger partial charge on any atom is 0.417 e. The Labute approximate surface area is 115 Å². The third-order valence-corrected chi connectivity index (χ3v) is 3.04. The number of halogens is 3. The molecule has 2 aromatic rings. The van der Waals surface area contributed by atoms with E-state index in [0.29, 0.717) is 30.9 Å². The Bertz CT molecular complexity index is 588. The van der Waals surface area contributed by atoms with Gasteiger partial charge in [0.05, 0.1) is 17.0 Å². The maximum absolute atomic E-state index is 13.1. The van der Waals surface area contributed by atoms with Gasteiger partial charge in [-0.15, -0.1) is 0 Å². The van der Waals surface area contributed by atoms with Gasteiger partial charge in [-0.2, -0.15) is 18.3 Å². The molecular formula is C14H16F3N3. The fourth-order valence-electron chi connectivity index (χ4n) is 2.15. The predicted molar refractivity (Wildman–Crippen MR) is 71.1 cm³/mol. The van der Waals surface area contributed by atoms with Crippen LogP contribution in [0, 0.1) is 0 Å². The third-order valence-electron chi connectivity index (χ3n) is 3.04. The van der Waals surface area contributed by atoms with E-state index in [1.807, 2.05) is 6.92 Å². The SMILES string of the molecule is CCn1nc(CCN)cc1-c1ccccc1C(F)(F)F. The molecule has 0 saturated carbocycles. The van der Waals surface area contributed by atoms with E-state index >= 15 is 0 Å². The van der Waals surface area contributed by atoms with E-state index < -0.39 is 11.7 Å². The van der Waals surface area contributed by atoms with E-state index in [-0.39, 0.29) is 5.56 Å². The van der Waals surface area contributed by atoms with Crippen LogP contribution in [-0.4, -0.2) is 16.3 Å². The zero-order valence-corrected chi connectivity index (χ0v) is 11.1. The van der Waals surface area contributed by atoms with E-state index in [1.54, 1.807) is 16.8 Å². The van der Waals surface area contributed by atoms with Gasteiger partial charge in [-0.25, -0.2) is 0 Å². The van der Waals surface area contributed by atoms with Gasteiger partial charge >= 0.3 is 6.18 Å². The number of hydrogen-bond acceptors (Lipinski definition) is 2. The summed E-state index contributed by atoms with van der Waals surface area (Å²) in [5, 5.41) is 4.29. The van der Waals surface area contributed by atoms with Crippen molar-refractivity contribution in [3.8, 4) is 11.3 Å². The van der Waals surface area contributed by atoms with Crippen LogP contribution in [0.2, 0.25) is 0 Å². The summed E-state index contributed by atoms with van der Waals surface area (Å²) in [4.78, 5) is 0. The van der Waals surface area contributed by atoms with Crippen molar-refractivity contribution in [2.45, 2.75) is 26.1 Å². The second-order valence-corrected chi connectivity index (χ2v) is 4.42. The minimum atomic E-state index is -4.38. The van der Waals surface area contributed by atoms with Crippen molar-refractivity contribution in [2.24, 2.45) is 5.73 Å². The topological polar surface area (TPSA) is 43.8 Å². The second-order valence-electron chi connectivity index (χ2n) is 4.42. The summed E-state index contributed by atoms with van der Waals surface area (Å²) >= 11 is 0. The number of aryl methyl sites for hydroxylation is 1. The van der Waals surface area contributed by atoms with Crippen LogP contribution in [0.1, 0.15) is 18.2 Å². The second kappa shape index (κ2) is 5.66. The van der Waals surface area contributed by atoms with Crippen molar-refractivity contribution in [2.75, 3.05) is 6.54 Å². The molecule has 0 amide bonds. The van der Waals surface area contributed by atoms with Crippen LogP contribution in [0.15, 0.2) is 30.3 Å². The number of rotatable bonds is 4. The molecule has 2 rings (SSSR count). The first-order chi connectivity index (χ1) is 9.47. The highest BCUT2D eigenvalue weighted by Gasteiger charge is 2.34. The number of alkyl halides is 3. The molecule has 108 valence electrons. The van der Waals surface area contributed by atoms with Gasteiger partial charge in [0.2, 0.25) is 0 Å². The van der Waals surface area contributed by atoms with Crippen LogP contribution in [0.5, 0.6) is 0 Å². The number of nitrogens with zero attached hydrogens (tertiary/aromatic N) is 2. The molecular weight excluding hydrogens is 267 g/mol. The Hall–Kier alpha value is -1.82. The van der Waals surface area contributed by atoms with Gasteiger partial charge in [0, 0.05) is 18.5 Å². The lowest BCUT2D eigenvalue weighted by atomic mass is 10.0. The van der Waals surface area contributed by atoms with Gasteiger partial charge in [0.15, 0.2) is 0 Å². The number of hydrogen-bond donors (Lipinski definition) is 1. The summed E-state index contributed by atoms with van der Waals surface area (Å²) in [5.41, 5.74) is 6.16. The molecule has 1 aromatic carbocycles. The van der Waals surface area contributed by atoms with E-state index in [4.69, 9.17) is 5.73 Å². The van der Waals surface area contributed by atoms with Crippen molar-refractivity contribution in [3.63, 3.8) is 0 Å². The Morgan fingerprint density at radius 2 is 1.95 bits per heavy atom. The van der Waals surface area contributed by atoms with Crippen molar-refractivity contribution in [1.82, 2.24) is 9.78 Å². The van der Waals surface area contributed by atoms with E-state index in [9.17, 15) is 13.2 Å². The normalized spacial score (nSPS) is 11.8. The van der Waals surface area contributed by atoms with Crippen LogP contribution >= 0.6 is 0 Å². The largest absolute Gasteiger partial charge is 0.417 e. The summed E-state index contributed by atoms with van der Waals surface area (Å²) in [7, 11) is 0. The average molecular weight is 283 g/mol.